The Labute approximate surface area is 257 Å². The number of fused-ring (bicyclic) bond motifs is 1. The van der Waals surface area contributed by atoms with Crippen LogP contribution in [0.15, 0.2) is 84.9 Å². The van der Waals surface area contributed by atoms with Crippen molar-refractivity contribution >= 4 is 52.3 Å². The predicted molar refractivity (Wildman–Crippen MR) is 168 cm³/mol. The molecule has 1 amide bonds. The fourth-order valence-corrected chi connectivity index (χ4v) is 6.03. The predicted octanol–water partition coefficient (Wildman–Crippen LogP) is 7.94. The SMILES string of the molecule is CN(CC(CCN1CCC(O)(c2ccccc2)CC1)c1ccc(Cl)c(Cl)c1)C(=O)c1ccc(F)c2ccccc12.Cl. The summed E-state index contributed by atoms with van der Waals surface area (Å²) in [6.07, 6.45) is 2.14. The number of likely N-dealkylation sites (N-methyl/N-ethyl adjacent to an activating group) is 1. The van der Waals surface area contributed by atoms with Crippen LogP contribution in [0.4, 0.5) is 4.39 Å². The molecule has 1 heterocycles. The minimum Gasteiger partial charge on any atom is -0.385 e. The zero-order valence-electron chi connectivity index (χ0n) is 22.9. The van der Waals surface area contributed by atoms with Gasteiger partial charge in [0.25, 0.3) is 5.91 Å². The molecule has 1 aliphatic rings. The van der Waals surface area contributed by atoms with Crippen LogP contribution in [0.2, 0.25) is 10.0 Å². The first-order chi connectivity index (χ1) is 19.2. The lowest BCUT2D eigenvalue weighted by Gasteiger charge is -2.39. The van der Waals surface area contributed by atoms with Crippen molar-refractivity contribution in [2.24, 2.45) is 0 Å². The van der Waals surface area contributed by atoms with Gasteiger partial charge >= 0.3 is 0 Å². The van der Waals surface area contributed by atoms with Crippen molar-refractivity contribution < 1.29 is 14.3 Å². The van der Waals surface area contributed by atoms with Gasteiger partial charge in [-0.3, -0.25) is 4.79 Å². The molecule has 5 rings (SSSR count). The monoisotopic (exact) mass is 614 g/mol. The van der Waals surface area contributed by atoms with Gasteiger partial charge in [-0.2, -0.15) is 0 Å². The summed E-state index contributed by atoms with van der Waals surface area (Å²) in [5.74, 6) is -0.498. The normalized spacial score (nSPS) is 15.7. The van der Waals surface area contributed by atoms with Crippen LogP contribution in [0.1, 0.15) is 46.7 Å². The summed E-state index contributed by atoms with van der Waals surface area (Å²) in [6, 6.07) is 25.5. The topological polar surface area (TPSA) is 43.8 Å². The van der Waals surface area contributed by atoms with E-state index >= 15 is 0 Å². The van der Waals surface area contributed by atoms with Crippen LogP contribution in [0, 0.1) is 5.82 Å². The standard InChI is InChI=1S/C33H33Cl2FN2O2.ClH/c1-37(32(39)28-12-14-31(36)27-10-6-5-9-26(27)28)22-24(23-11-13-29(34)30(35)21-23)15-18-38-19-16-33(40,17-20-38)25-7-3-2-4-8-25;/h2-14,21,24,40H,15-20,22H2,1H3;1H. The van der Waals surface area contributed by atoms with Crippen molar-refractivity contribution in [1.82, 2.24) is 9.80 Å². The number of piperidine rings is 1. The second-order valence-electron chi connectivity index (χ2n) is 10.7. The summed E-state index contributed by atoms with van der Waals surface area (Å²) in [7, 11) is 1.78. The molecular weight excluding hydrogens is 582 g/mol. The van der Waals surface area contributed by atoms with E-state index in [9.17, 15) is 14.3 Å². The number of aliphatic hydroxyl groups is 1. The molecule has 1 atom stereocenters. The van der Waals surface area contributed by atoms with E-state index in [1.54, 1.807) is 42.3 Å². The number of hydrogen-bond donors (Lipinski definition) is 1. The number of rotatable bonds is 8. The first-order valence-electron chi connectivity index (χ1n) is 13.6. The van der Waals surface area contributed by atoms with Gasteiger partial charge in [0.05, 0.1) is 15.6 Å². The van der Waals surface area contributed by atoms with Crippen LogP contribution in [0.25, 0.3) is 10.8 Å². The summed E-state index contributed by atoms with van der Waals surface area (Å²) in [4.78, 5) is 17.7. The van der Waals surface area contributed by atoms with E-state index < -0.39 is 5.60 Å². The average Bonchev–Trinajstić information content (AvgIpc) is 2.98. The van der Waals surface area contributed by atoms with E-state index in [0.29, 0.717) is 45.8 Å². The van der Waals surface area contributed by atoms with Gasteiger partial charge in [-0.05, 0) is 66.6 Å². The summed E-state index contributed by atoms with van der Waals surface area (Å²) in [5.41, 5.74) is 1.65. The van der Waals surface area contributed by atoms with Gasteiger partial charge in [-0.25, -0.2) is 4.39 Å². The first-order valence-corrected chi connectivity index (χ1v) is 14.4. The zero-order valence-corrected chi connectivity index (χ0v) is 25.2. The number of amides is 1. The van der Waals surface area contributed by atoms with Gasteiger partial charge in [-0.15, -0.1) is 12.4 Å². The van der Waals surface area contributed by atoms with Crippen molar-refractivity contribution in [2.45, 2.75) is 30.8 Å². The van der Waals surface area contributed by atoms with E-state index in [1.165, 1.54) is 6.07 Å². The second kappa shape index (κ2) is 13.5. The van der Waals surface area contributed by atoms with Crippen LogP contribution in [0.3, 0.4) is 0 Å². The van der Waals surface area contributed by atoms with Crippen molar-refractivity contribution in [1.29, 1.82) is 0 Å². The van der Waals surface area contributed by atoms with E-state index in [1.807, 2.05) is 48.5 Å². The highest BCUT2D eigenvalue weighted by Gasteiger charge is 2.34. The summed E-state index contributed by atoms with van der Waals surface area (Å²) in [6.45, 7) is 2.85. The van der Waals surface area contributed by atoms with Gasteiger partial charge < -0.3 is 14.9 Å². The molecule has 0 aliphatic carbocycles. The minimum absolute atomic E-state index is 0. The van der Waals surface area contributed by atoms with Crippen molar-refractivity contribution in [3.05, 3.63) is 117 Å². The van der Waals surface area contributed by atoms with Crippen molar-refractivity contribution in [3.63, 3.8) is 0 Å². The number of likely N-dealkylation sites (tertiary alicyclic amines) is 1. The summed E-state index contributed by atoms with van der Waals surface area (Å²) in [5, 5.41) is 13.2. The molecule has 0 radical (unpaired) electrons. The third-order valence-electron chi connectivity index (χ3n) is 8.15. The Morgan fingerprint density at radius 1 is 0.951 bits per heavy atom. The molecule has 1 N–H and O–H groups in total. The molecule has 1 fully saturated rings. The number of carbonyl (C=O) groups excluding carboxylic acids is 1. The molecule has 0 spiro atoms. The third-order valence-corrected chi connectivity index (χ3v) is 8.88. The van der Waals surface area contributed by atoms with Gasteiger partial charge in [0, 0.05) is 43.5 Å². The molecule has 0 aromatic heterocycles. The van der Waals surface area contributed by atoms with Crippen molar-refractivity contribution in [2.75, 3.05) is 33.2 Å². The molecule has 1 unspecified atom stereocenters. The maximum atomic E-state index is 14.4. The molecule has 0 saturated carbocycles. The molecule has 4 aromatic rings. The van der Waals surface area contributed by atoms with Crippen LogP contribution in [0.5, 0.6) is 0 Å². The quantitative estimate of drug-likeness (QED) is 0.219. The molecule has 1 saturated heterocycles. The molecule has 4 aromatic carbocycles. The first kappa shape index (κ1) is 31.3. The second-order valence-corrected chi connectivity index (χ2v) is 11.5. The molecule has 216 valence electrons. The Kier molecular flexibility index (Phi) is 10.3. The number of halogens is 4. The number of benzene rings is 4. The summed E-state index contributed by atoms with van der Waals surface area (Å²) >= 11 is 12.6. The fraction of sp³-hybridized carbons (Fsp3) is 0.303. The highest BCUT2D eigenvalue weighted by molar-refractivity contribution is 6.42. The van der Waals surface area contributed by atoms with Gasteiger partial charge in [0.2, 0.25) is 0 Å². The molecule has 0 bridgehead atoms. The van der Waals surface area contributed by atoms with Gasteiger partial charge in [0.15, 0.2) is 0 Å². The highest BCUT2D eigenvalue weighted by atomic mass is 35.5. The zero-order chi connectivity index (χ0) is 28.3. The Balaban J connectivity index is 0.00000387. The van der Waals surface area contributed by atoms with E-state index in [2.05, 4.69) is 4.90 Å². The molecule has 4 nitrogen and oxygen atoms in total. The van der Waals surface area contributed by atoms with Crippen LogP contribution in [-0.4, -0.2) is 54.0 Å². The number of hydrogen-bond acceptors (Lipinski definition) is 3. The van der Waals surface area contributed by atoms with E-state index in [0.717, 1.165) is 37.2 Å². The van der Waals surface area contributed by atoms with Crippen LogP contribution < -0.4 is 0 Å². The lowest BCUT2D eigenvalue weighted by atomic mass is 9.84. The largest absolute Gasteiger partial charge is 0.385 e. The Morgan fingerprint density at radius 2 is 1.61 bits per heavy atom. The smallest absolute Gasteiger partial charge is 0.254 e. The van der Waals surface area contributed by atoms with Crippen LogP contribution >= 0.6 is 35.6 Å². The fourth-order valence-electron chi connectivity index (χ4n) is 5.72. The van der Waals surface area contributed by atoms with Gasteiger partial charge in [-0.1, -0.05) is 83.9 Å². The third kappa shape index (κ3) is 7.04. The molecule has 1 aliphatic heterocycles. The number of carbonyl (C=O) groups is 1. The molecule has 8 heteroatoms. The number of nitrogens with zero attached hydrogens (tertiary/aromatic N) is 2. The molecule has 41 heavy (non-hydrogen) atoms. The van der Waals surface area contributed by atoms with Crippen LogP contribution in [-0.2, 0) is 5.60 Å². The van der Waals surface area contributed by atoms with E-state index in [4.69, 9.17) is 23.2 Å². The summed E-state index contributed by atoms with van der Waals surface area (Å²) < 4.78 is 14.4. The highest BCUT2D eigenvalue weighted by Crippen LogP contribution is 2.34. The Hall–Kier alpha value is -2.67. The molecular formula is C33H34Cl3FN2O2. The lowest BCUT2D eigenvalue weighted by Crippen LogP contribution is -2.43. The minimum atomic E-state index is -0.800. The maximum Gasteiger partial charge on any atom is 0.254 e. The maximum absolute atomic E-state index is 14.4. The van der Waals surface area contributed by atoms with E-state index in [-0.39, 0.29) is 30.0 Å². The van der Waals surface area contributed by atoms with Gasteiger partial charge in [0.1, 0.15) is 5.82 Å². The Morgan fingerprint density at radius 3 is 2.29 bits per heavy atom. The lowest BCUT2D eigenvalue weighted by molar-refractivity contribution is -0.0264. The average molecular weight is 616 g/mol. The van der Waals surface area contributed by atoms with Crippen molar-refractivity contribution in [3.8, 4) is 0 Å². The Bertz CT molecular complexity index is 1490.